The summed E-state index contributed by atoms with van der Waals surface area (Å²) < 4.78 is 36.2. The van der Waals surface area contributed by atoms with Crippen molar-refractivity contribution in [3.05, 3.63) is 41.7 Å². The molecule has 10 heteroatoms. The number of anilines is 1. The van der Waals surface area contributed by atoms with E-state index in [0.717, 1.165) is 6.07 Å². The number of hydrogen-bond donors (Lipinski definition) is 2. The molecule has 142 valence electrons. The fraction of sp³-hybridized carbons (Fsp3) is 0.235. The third-order valence-corrected chi connectivity index (χ3v) is 4.68. The summed E-state index contributed by atoms with van der Waals surface area (Å²) in [5, 5.41) is 6.04. The Morgan fingerprint density at radius 3 is 2.74 bits per heavy atom. The lowest BCUT2D eigenvalue weighted by Crippen LogP contribution is -2.30. The zero-order valence-corrected chi connectivity index (χ0v) is 15.4. The first-order chi connectivity index (χ1) is 12.7. The minimum atomic E-state index is -3.86. The Kier molecular flexibility index (Phi) is 6.33. The number of aryl methyl sites for hydroxylation is 1. The molecule has 0 aliphatic heterocycles. The maximum absolute atomic E-state index is 12.2. The second-order valence-corrected chi connectivity index (χ2v) is 7.18. The summed E-state index contributed by atoms with van der Waals surface area (Å²) >= 11 is 0. The maximum Gasteiger partial charge on any atom is 0.338 e. The highest BCUT2D eigenvalue weighted by molar-refractivity contribution is 7.89. The molecular weight excluding hydrogens is 374 g/mol. The van der Waals surface area contributed by atoms with Crippen LogP contribution in [-0.4, -0.2) is 38.1 Å². The van der Waals surface area contributed by atoms with Crippen LogP contribution < -0.4 is 10.0 Å². The summed E-state index contributed by atoms with van der Waals surface area (Å²) in [5.74, 6) is 1.37. The standard InChI is InChI=1S/C17H17N3O6S/c1-4-8-18-27(23,24)14-7-5-6-13(10-14)17(22)25-12(3)16(21)19-15-9-11(2)26-20-15/h1,5-7,9-10,12,18H,8H2,2-3H3,(H,19,20,21). The predicted molar refractivity (Wildman–Crippen MR) is 95.2 cm³/mol. The summed E-state index contributed by atoms with van der Waals surface area (Å²) in [6, 6.07) is 6.69. The average Bonchev–Trinajstić information content (AvgIpc) is 3.04. The third-order valence-electron chi connectivity index (χ3n) is 3.28. The van der Waals surface area contributed by atoms with Crippen LogP contribution in [0.25, 0.3) is 0 Å². The molecule has 0 radical (unpaired) electrons. The first kappa shape index (κ1) is 20.2. The van der Waals surface area contributed by atoms with E-state index < -0.39 is 28.0 Å². The summed E-state index contributed by atoms with van der Waals surface area (Å²) in [6.45, 7) is 2.84. The lowest BCUT2D eigenvalue weighted by molar-refractivity contribution is -0.123. The number of esters is 1. The number of hydrogen-bond acceptors (Lipinski definition) is 7. The Bertz CT molecular complexity index is 990. The summed E-state index contributed by atoms with van der Waals surface area (Å²) in [6.07, 6.45) is 3.89. The van der Waals surface area contributed by atoms with Gasteiger partial charge in [-0.1, -0.05) is 17.1 Å². The maximum atomic E-state index is 12.2. The number of ether oxygens (including phenoxy) is 1. The lowest BCUT2D eigenvalue weighted by Gasteiger charge is -2.13. The molecule has 2 aromatic rings. The number of carbonyl (C=O) groups is 2. The topological polar surface area (TPSA) is 128 Å². The van der Waals surface area contributed by atoms with Crippen LogP contribution in [0.1, 0.15) is 23.0 Å². The Hall–Kier alpha value is -3.16. The summed E-state index contributed by atoms with van der Waals surface area (Å²) in [4.78, 5) is 24.1. The molecule has 0 saturated heterocycles. The molecule has 0 aliphatic carbocycles. The number of aromatic nitrogens is 1. The molecular formula is C17H17N3O6S. The second kappa shape index (κ2) is 8.48. The molecule has 9 nitrogen and oxygen atoms in total. The SMILES string of the molecule is C#CCNS(=O)(=O)c1cccc(C(=O)OC(C)C(=O)Nc2cc(C)on2)c1. The quantitative estimate of drug-likeness (QED) is 0.534. The van der Waals surface area contributed by atoms with Gasteiger partial charge < -0.3 is 14.6 Å². The van der Waals surface area contributed by atoms with Crippen LogP contribution in [-0.2, 0) is 19.6 Å². The van der Waals surface area contributed by atoms with Gasteiger partial charge in [0.25, 0.3) is 5.91 Å². The molecule has 0 spiro atoms. The van der Waals surface area contributed by atoms with Crippen LogP contribution >= 0.6 is 0 Å². The Balaban J connectivity index is 2.06. The number of amides is 1. The molecule has 0 fully saturated rings. The van der Waals surface area contributed by atoms with Crippen molar-refractivity contribution in [2.45, 2.75) is 24.8 Å². The first-order valence-electron chi connectivity index (χ1n) is 7.71. The van der Waals surface area contributed by atoms with E-state index in [2.05, 4.69) is 21.1 Å². The fourth-order valence-corrected chi connectivity index (χ4v) is 2.93. The van der Waals surface area contributed by atoms with Crippen molar-refractivity contribution in [2.24, 2.45) is 0 Å². The largest absolute Gasteiger partial charge is 0.449 e. The smallest absolute Gasteiger partial charge is 0.338 e. The highest BCUT2D eigenvalue weighted by atomic mass is 32.2. The number of nitrogens with one attached hydrogen (secondary N) is 2. The van der Waals surface area contributed by atoms with Crippen molar-refractivity contribution in [2.75, 3.05) is 11.9 Å². The van der Waals surface area contributed by atoms with Gasteiger partial charge in [0, 0.05) is 6.07 Å². The Morgan fingerprint density at radius 1 is 1.37 bits per heavy atom. The molecule has 1 heterocycles. The zero-order valence-electron chi connectivity index (χ0n) is 14.6. The van der Waals surface area contributed by atoms with Gasteiger partial charge in [-0.2, -0.15) is 4.72 Å². The number of rotatable bonds is 7. The molecule has 27 heavy (non-hydrogen) atoms. The van der Waals surface area contributed by atoms with Crippen LogP contribution in [0.5, 0.6) is 0 Å². The average molecular weight is 391 g/mol. The van der Waals surface area contributed by atoms with Gasteiger partial charge in [-0.05, 0) is 32.0 Å². The molecule has 0 bridgehead atoms. The first-order valence-corrected chi connectivity index (χ1v) is 9.19. The zero-order chi connectivity index (χ0) is 20.0. The highest BCUT2D eigenvalue weighted by Crippen LogP contribution is 2.14. The van der Waals surface area contributed by atoms with E-state index in [0.29, 0.717) is 5.76 Å². The molecule has 1 aromatic carbocycles. The Labute approximate surface area is 156 Å². The van der Waals surface area contributed by atoms with Gasteiger partial charge in [-0.3, -0.25) is 4.79 Å². The predicted octanol–water partition coefficient (Wildman–Crippen LogP) is 1.08. The normalized spacial score (nSPS) is 12.0. The fourth-order valence-electron chi connectivity index (χ4n) is 1.95. The monoisotopic (exact) mass is 391 g/mol. The van der Waals surface area contributed by atoms with Crippen LogP contribution in [0.3, 0.4) is 0 Å². The van der Waals surface area contributed by atoms with Gasteiger partial charge in [0.15, 0.2) is 11.9 Å². The van der Waals surface area contributed by atoms with Gasteiger partial charge in [0.2, 0.25) is 10.0 Å². The molecule has 0 aliphatic rings. The molecule has 1 atom stereocenters. The summed E-state index contributed by atoms with van der Waals surface area (Å²) in [5.41, 5.74) is -0.0319. The van der Waals surface area contributed by atoms with E-state index in [9.17, 15) is 18.0 Å². The van der Waals surface area contributed by atoms with Crippen LogP contribution in [0, 0.1) is 19.3 Å². The molecule has 2 rings (SSSR count). The van der Waals surface area contributed by atoms with Gasteiger partial charge in [0.05, 0.1) is 17.0 Å². The Morgan fingerprint density at radius 2 is 2.11 bits per heavy atom. The van der Waals surface area contributed by atoms with Crippen LogP contribution in [0.4, 0.5) is 5.82 Å². The molecule has 1 amide bonds. The van der Waals surface area contributed by atoms with E-state index in [1.54, 1.807) is 6.92 Å². The lowest BCUT2D eigenvalue weighted by atomic mass is 10.2. The summed E-state index contributed by atoms with van der Waals surface area (Å²) in [7, 11) is -3.86. The van der Waals surface area contributed by atoms with Crippen molar-refractivity contribution in [3.63, 3.8) is 0 Å². The van der Waals surface area contributed by atoms with E-state index in [-0.39, 0.29) is 22.8 Å². The van der Waals surface area contributed by atoms with E-state index in [4.69, 9.17) is 15.7 Å². The number of terminal acetylenes is 1. The molecule has 1 aromatic heterocycles. The second-order valence-electron chi connectivity index (χ2n) is 5.42. The number of sulfonamides is 1. The highest BCUT2D eigenvalue weighted by Gasteiger charge is 2.21. The molecule has 0 saturated carbocycles. The van der Waals surface area contributed by atoms with Gasteiger partial charge >= 0.3 is 5.97 Å². The minimum absolute atomic E-state index is 0.0319. The van der Waals surface area contributed by atoms with Crippen molar-refractivity contribution < 1.29 is 27.3 Å². The van der Waals surface area contributed by atoms with Crippen molar-refractivity contribution in [1.29, 1.82) is 0 Å². The number of nitrogens with zero attached hydrogens (tertiary/aromatic N) is 1. The van der Waals surface area contributed by atoms with Gasteiger partial charge in [0.1, 0.15) is 5.76 Å². The van der Waals surface area contributed by atoms with E-state index in [1.165, 1.54) is 31.2 Å². The minimum Gasteiger partial charge on any atom is -0.449 e. The van der Waals surface area contributed by atoms with Crippen molar-refractivity contribution >= 4 is 27.7 Å². The van der Waals surface area contributed by atoms with Crippen molar-refractivity contribution in [3.8, 4) is 12.3 Å². The van der Waals surface area contributed by atoms with Crippen LogP contribution in [0.15, 0.2) is 39.8 Å². The van der Waals surface area contributed by atoms with E-state index in [1.807, 2.05) is 0 Å². The van der Waals surface area contributed by atoms with Gasteiger partial charge in [-0.25, -0.2) is 13.2 Å². The number of carbonyl (C=O) groups excluding carboxylic acids is 2. The van der Waals surface area contributed by atoms with Gasteiger partial charge in [-0.15, -0.1) is 6.42 Å². The number of benzene rings is 1. The third kappa shape index (κ3) is 5.40. The van der Waals surface area contributed by atoms with Crippen LogP contribution in [0.2, 0.25) is 0 Å². The molecule has 1 unspecified atom stereocenters. The van der Waals surface area contributed by atoms with E-state index >= 15 is 0 Å². The van der Waals surface area contributed by atoms with Crippen molar-refractivity contribution in [1.82, 2.24) is 9.88 Å². The molecule has 2 N–H and O–H groups in total.